The molecular weight excluding hydrogens is 380 g/mol. The Bertz CT molecular complexity index is 1250. The lowest BCUT2D eigenvalue weighted by Gasteiger charge is -2.28. The summed E-state index contributed by atoms with van der Waals surface area (Å²) in [5.41, 5.74) is 4.92. The molecule has 1 N–H and O–H groups in total. The van der Waals surface area contributed by atoms with Crippen molar-refractivity contribution in [1.29, 1.82) is 0 Å². The van der Waals surface area contributed by atoms with Crippen molar-refractivity contribution in [1.82, 2.24) is 19.4 Å². The number of morpholine rings is 1. The molecule has 1 saturated heterocycles. The smallest absolute Gasteiger partial charge is 0.196 e. The number of fused-ring (bicyclic) bond motifs is 1. The van der Waals surface area contributed by atoms with Gasteiger partial charge in [-0.15, -0.1) is 0 Å². The lowest BCUT2D eigenvalue weighted by atomic mass is 10.1. The Balaban J connectivity index is 1.54. The van der Waals surface area contributed by atoms with Crippen LogP contribution in [0.2, 0.25) is 0 Å². The van der Waals surface area contributed by atoms with Crippen LogP contribution in [0.5, 0.6) is 0 Å². The number of hydroxylamine groups is 2. The van der Waals surface area contributed by atoms with Gasteiger partial charge in [0.1, 0.15) is 0 Å². The molecule has 152 valence electrons. The number of anilines is 1. The topological polar surface area (TPSA) is 78.5 Å². The van der Waals surface area contributed by atoms with Crippen molar-refractivity contribution in [3.05, 3.63) is 77.7 Å². The Hall–Kier alpha value is -3.49. The zero-order valence-corrected chi connectivity index (χ0v) is 16.6. The summed E-state index contributed by atoms with van der Waals surface area (Å²) in [4.78, 5) is 16.1. The number of rotatable bonds is 2. The van der Waals surface area contributed by atoms with Gasteiger partial charge in [0.15, 0.2) is 11.1 Å². The van der Waals surface area contributed by atoms with Crippen molar-refractivity contribution in [2.24, 2.45) is 4.99 Å². The molecule has 1 aromatic carbocycles. The molecule has 8 nitrogen and oxygen atoms in total. The van der Waals surface area contributed by atoms with Crippen LogP contribution in [0.15, 0.2) is 71.9 Å². The highest BCUT2D eigenvalue weighted by Crippen LogP contribution is 2.20. The van der Waals surface area contributed by atoms with Crippen molar-refractivity contribution in [3.63, 3.8) is 0 Å². The van der Waals surface area contributed by atoms with Gasteiger partial charge in [-0.2, -0.15) is 0 Å². The molecule has 0 radical (unpaired) electrons. The van der Waals surface area contributed by atoms with Crippen LogP contribution in [0.1, 0.15) is 6.92 Å². The average Bonchev–Trinajstić information content (AvgIpc) is 3.28. The first-order valence-corrected chi connectivity index (χ1v) is 9.87. The standard InChI is InChI=1S/C22H22N6O2/c1-16-14-17(6-8-28(16)29)20-15-24-21(22-23-7-9-27(20)22)25-18-2-4-19(5-3-18)26-10-12-30-13-11-26/h2-9,14-15,29H,10-13H2,1H3. The molecule has 3 aromatic rings. The van der Waals surface area contributed by atoms with Gasteiger partial charge in [0.25, 0.3) is 0 Å². The molecule has 4 heterocycles. The average molecular weight is 402 g/mol. The molecule has 1 fully saturated rings. The summed E-state index contributed by atoms with van der Waals surface area (Å²) in [6, 6.07) is 8.16. The summed E-state index contributed by atoms with van der Waals surface area (Å²) < 4.78 is 7.38. The lowest BCUT2D eigenvalue weighted by Crippen LogP contribution is -2.36. The number of hydrogen-bond donors (Lipinski definition) is 1. The Morgan fingerprint density at radius 2 is 1.90 bits per heavy atom. The van der Waals surface area contributed by atoms with E-state index in [1.54, 1.807) is 18.6 Å². The van der Waals surface area contributed by atoms with E-state index in [9.17, 15) is 5.21 Å². The minimum absolute atomic E-state index is 0.563. The molecule has 0 saturated carbocycles. The highest BCUT2D eigenvalue weighted by atomic mass is 16.5. The molecule has 30 heavy (non-hydrogen) atoms. The predicted molar refractivity (Wildman–Crippen MR) is 113 cm³/mol. The number of benzene rings is 1. The number of allylic oxidation sites excluding steroid dienone is 3. The number of aromatic nitrogens is 3. The third-order valence-electron chi connectivity index (χ3n) is 5.29. The minimum atomic E-state index is 0.563. The van der Waals surface area contributed by atoms with Crippen LogP contribution in [0.4, 0.5) is 11.4 Å². The van der Waals surface area contributed by atoms with Crippen LogP contribution in [0, 0.1) is 0 Å². The van der Waals surface area contributed by atoms with Crippen molar-refractivity contribution in [3.8, 4) is 0 Å². The second-order valence-corrected chi connectivity index (χ2v) is 7.22. The summed E-state index contributed by atoms with van der Waals surface area (Å²) >= 11 is 0. The van der Waals surface area contributed by atoms with E-state index in [0.717, 1.165) is 53.7 Å². The van der Waals surface area contributed by atoms with E-state index in [2.05, 4.69) is 27.0 Å². The van der Waals surface area contributed by atoms with Crippen LogP contribution in [0.25, 0.3) is 11.2 Å². The molecule has 0 aliphatic carbocycles. The van der Waals surface area contributed by atoms with Gasteiger partial charge in [0.05, 0.1) is 30.4 Å². The van der Waals surface area contributed by atoms with Gasteiger partial charge >= 0.3 is 0 Å². The van der Waals surface area contributed by atoms with Gasteiger partial charge in [-0.05, 0) is 43.3 Å². The fourth-order valence-corrected chi connectivity index (χ4v) is 3.65. The van der Waals surface area contributed by atoms with Crippen molar-refractivity contribution < 1.29 is 9.94 Å². The van der Waals surface area contributed by atoms with E-state index in [-0.39, 0.29) is 0 Å². The quantitative estimate of drug-likeness (QED) is 0.704. The van der Waals surface area contributed by atoms with Gasteiger partial charge < -0.3 is 9.64 Å². The third-order valence-corrected chi connectivity index (χ3v) is 5.29. The fourth-order valence-electron chi connectivity index (χ4n) is 3.65. The van der Waals surface area contributed by atoms with Gasteiger partial charge in [-0.3, -0.25) is 9.61 Å². The highest BCUT2D eigenvalue weighted by Gasteiger charge is 2.11. The predicted octanol–water partition coefficient (Wildman–Crippen LogP) is 1.79. The second kappa shape index (κ2) is 7.74. The van der Waals surface area contributed by atoms with Crippen LogP contribution >= 0.6 is 0 Å². The first kappa shape index (κ1) is 18.5. The van der Waals surface area contributed by atoms with Crippen molar-refractivity contribution >= 4 is 22.6 Å². The highest BCUT2D eigenvalue weighted by molar-refractivity contribution is 5.68. The minimum Gasteiger partial charge on any atom is -0.378 e. The Labute approximate surface area is 173 Å². The molecule has 0 unspecified atom stereocenters. The summed E-state index contributed by atoms with van der Waals surface area (Å²) in [5, 5.41) is 11.7. The molecule has 2 aliphatic rings. The van der Waals surface area contributed by atoms with E-state index >= 15 is 0 Å². The molecule has 0 amide bonds. The number of nitrogens with zero attached hydrogens (tertiary/aromatic N) is 6. The molecule has 0 spiro atoms. The van der Waals surface area contributed by atoms with Gasteiger partial charge in [0.2, 0.25) is 0 Å². The number of imidazole rings is 1. The molecule has 2 aromatic heterocycles. The van der Waals surface area contributed by atoms with Crippen molar-refractivity contribution in [2.75, 3.05) is 31.2 Å². The van der Waals surface area contributed by atoms with Crippen LogP contribution in [-0.4, -0.2) is 50.9 Å². The summed E-state index contributed by atoms with van der Waals surface area (Å²) in [6.45, 7) is 5.18. The third kappa shape index (κ3) is 3.47. The zero-order valence-electron chi connectivity index (χ0n) is 16.6. The monoisotopic (exact) mass is 402 g/mol. The van der Waals surface area contributed by atoms with E-state index < -0.39 is 0 Å². The van der Waals surface area contributed by atoms with Crippen molar-refractivity contribution in [2.45, 2.75) is 6.92 Å². The molecule has 0 atom stereocenters. The number of ether oxygens (including phenoxy) is 1. The van der Waals surface area contributed by atoms with E-state index in [4.69, 9.17) is 9.73 Å². The molecule has 2 aliphatic heterocycles. The van der Waals surface area contributed by atoms with E-state index in [1.165, 1.54) is 5.69 Å². The molecular formula is C22H22N6O2. The first-order chi connectivity index (χ1) is 14.7. The second-order valence-electron chi connectivity index (χ2n) is 7.22. The van der Waals surface area contributed by atoms with E-state index in [0.29, 0.717) is 11.1 Å². The summed E-state index contributed by atoms with van der Waals surface area (Å²) in [6.07, 6.45) is 10.8. The molecule has 0 bridgehead atoms. The Morgan fingerprint density at radius 1 is 1.10 bits per heavy atom. The SMILES string of the molecule is CC1=CC(=c2cnc(=Nc3ccc(N4CCOCC4)cc3)c3nccn23)C=CN1O. The Kier molecular flexibility index (Phi) is 4.78. The maximum Gasteiger partial charge on any atom is 0.196 e. The largest absolute Gasteiger partial charge is 0.378 e. The van der Waals surface area contributed by atoms with Gasteiger partial charge in [0, 0.05) is 48.6 Å². The lowest BCUT2D eigenvalue weighted by molar-refractivity contribution is -0.00415. The zero-order chi connectivity index (χ0) is 20.5. The molecule has 5 rings (SSSR count). The fraction of sp³-hybridized carbons (Fsp3) is 0.227. The maximum absolute atomic E-state index is 9.73. The van der Waals surface area contributed by atoms with Gasteiger partial charge in [-0.25, -0.2) is 20.0 Å². The number of hydrogen-bond acceptors (Lipinski definition) is 7. The molecule has 8 heteroatoms. The van der Waals surface area contributed by atoms with Gasteiger partial charge in [-0.1, -0.05) is 0 Å². The maximum atomic E-state index is 9.73. The van der Waals surface area contributed by atoms with E-state index in [1.807, 2.05) is 41.8 Å². The summed E-state index contributed by atoms with van der Waals surface area (Å²) in [5.74, 6) is 0. The summed E-state index contributed by atoms with van der Waals surface area (Å²) in [7, 11) is 0. The Morgan fingerprint density at radius 3 is 2.67 bits per heavy atom. The first-order valence-electron chi connectivity index (χ1n) is 9.87. The van der Waals surface area contributed by atoms with Crippen LogP contribution in [0.3, 0.4) is 0 Å². The van der Waals surface area contributed by atoms with Crippen LogP contribution < -0.4 is 15.7 Å². The normalized spacial score (nSPS) is 19.5. The van der Waals surface area contributed by atoms with Crippen LogP contribution in [-0.2, 0) is 4.74 Å².